The van der Waals surface area contributed by atoms with Crippen LogP contribution in [0.4, 0.5) is 5.95 Å². The highest BCUT2D eigenvalue weighted by atomic mass is 16.3. The number of imidazole rings is 1. The largest absolute Gasteiger partial charge is 0.395 e. The van der Waals surface area contributed by atoms with Crippen LogP contribution in [-0.2, 0) is 6.54 Å². The number of nitrogens with zero attached hydrogens (tertiary/aromatic N) is 3. The Balaban J connectivity index is 2.03. The number of hydrogen-bond acceptors (Lipinski definition) is 5. The van der Waals surface area contributed by atoms with Gasteiger partial charge in [0.1, 0.15) is 0 Å². The van der Waals surface area contributed by atoms with Gasteiger partial charge < -0.3 is 24.8 Å². The van der Waals surface area contributed by atoms with Crippen LogP contribution in [0.3, 0.4) is 0 Å². The van der Waals surface area contributed by atoms with Crippen LogP contribution in [0.2, 0.25) is 0 Å². The molecule has 0 aliphatic carbocycles. The zero-order chi connectivity index (χ0) is 14.1. The lowest BCUT2D eigenvalue weighted by Crippen LogP contribution is -2.46. The molecule has 0 saturated carbocycles. The van der Waals surface area contributed by atoms with Crippen molar-refractivity contribution in [2.75, 3.05) is 24.6 Å². The van der Waals surface area contributed by atoms with E-state index in [0.717, 1.165) is 11.0 Å². The molecule has 1 aromatic heterocycles. The van der Waals surface area contributed by atoms with Crippen LogP contribution in [0.15, 0.2) is 24.3 Å². The van der Waals surface area contributed by atoms with E-state index >= 15 is 0 Å². The second kappa shape index (κ2) is 5.40. The number of aliphatic hydroxyl groups excluding tert-OH is 3. The Kier molecular flexibility index (Phi) is 3.60. The first-order valence-corrected chi connectivity index (χ1v) is 6.86. The average Bonchev–Trinajstić information content (AvgIpc) is 2.77. The number of anilines is 1. The van der Waals surface area contributed by atoms with Crippen LogP contribution < -0.4 is 4.90 Å². The molecule has 3 N–H and O–H groups in total. The van der Waals surface area contributed by atoms with Crippen molar-refractivity contribution in [3.8, 4) is 0 Å². The molecule has 20 heavy (non-hydrogen) atoms. The molecule has 0 radical (unpaired) electrons. The summed E-state index contributed by atoms with van der Waals surface area (Å²) >= 11 is 0. The summed E-state index contributed by atoms with van der Waals surface area (Å²) in [4.78, 5) is 6.46. The third kappa shape index (κ3) is 2.37. The van der Waals surface area contributed by atoms with E-state index in [1.165, 1.54) is 0 Å². The predicted molar refractivity (Wildman–Crippen MR) is 75.7 cm³/mol. The minimum atomic E-state index is -0.555. The summed E-state index contributed by atoms with van der Waals surface area (Å²) in [6.07, 6.45) is -0.709. The van der Waals surface area contributed by atoms with Crippen molar-refractivity contribution in [1.29, 1.82) is 0 Å². The first kappa shape index (κ1) is 13.4. The molecular formula is C14H19N3O3. The Hall–Kier alpha value is -1.63. The van der Waals surface area contributed by atoms with Gasteiger partial charge in [-0.2, -0.15) is 0 Å². The number of piperidine rings is 1. The molecule has 0 bridgehead atoms. The molecule has 1 aromatic carbocycles. The molecule has 108 valence electrons. The normalized spacial score (nSPS) is 23.4. The fourth-order valence-electron chi connectivity index (χ4n) is 2.83. The second-order valence-electron chi connectivity index (χ2n) is 5.22. The summed E-state index contributed by atoms with van der Waals surface area (Å²) in [5, 5.41) is 28.9. The Morgan fingerprint density at radius 2 is 1.85 bits per heavy atom. The lowest BCUT2D eigenvalue weighted by molar-refractivity contribution is 0.0642. The van der Waals surface area contributed by atoms with Gasteiger partial charge in [-0.05, 0) is 12.1 Å². The Bertz CT molecular complexity index is 588. The summed E-state index contributed by atoms with van der Waals surface area (Å²) in [6.45, 7) is 1.36. The molecule has 0 amide bonds. The minimum absolute atomic E-state index is 0.0201. The maximum atomic E-state index is 9.82. The molecule has 2 atom stereocenters. The SMILES string of the molecule is OCCn1c(N2C[C@H](O)C[C@@H](O)C2)nc2ccccc21. The van der Waals surface area contributed by atoms with Crippen molar-refractivity contribution < 1.29 is 15.3 Å². The van der Waals surface area contributed by atoms with E-state index in [9.17, 15) is 15.3 Å². The summed E-state index contributed by atoms with van der Waals surface area (Å²) in [5.74, 6) is 0.693. The van der Waals surface area contributed by atoms with Gasteiger partial charge in [0.25, 0.3) is 0 Å². The quantitative estimate of drug-likeness (QED) is 0.733. The van der Waals surface area contributed by atoms with Gasteiger partial charge in [-0.15, -0.1) is 0 Å². The molecule has 6 nitrogen and oxygen atoms in total. The van der Waals surface area contributed by atoms with Crippen molar-refractivity contribution in [3.63, 3.8) is 0 Å². The smallest absolute Gasteiger partial charge is 0.206 e. The van der Waals surface area contributed by atoms with Crippen LogP contribution in [0.5, 0.6) is 0 Å². The molecule has 3 rings (SSSR count). The average molecular weight is 277 g/mol. The molecule has 1 fully saturated rings. The molecule has 1 saturated heterocycles. The number of aliphatic hydroxyl groups is 3. The summed E-state index contributed by atoms with van der Waals surface area (Å²) in [5.41, 5.74) is 1.80. The Labute approximate surface area is 116 Å². The van der Waals surface area contributed by atoms with Crippen LogP contribution in [0, 0.1) is 0 Å². The Morgan fingerprint density at radius 1 is 1.15 bits per heavy atom. The van der Waals surface area contributed by atoms with E-state index in [-0.39, 0.29) is 6.61 Å². The zero-order valence-corrected chi connectivity index (χ0v) is 11.2. The van der Waals surface area contributed by atoms with Gasteiger partial charge in [-0.1, -0.05) is 12.1 Å². The first-order valence-electron chi connectivity index (χ1n) is 6.86. The van der Waals surface area contributed by atoms with Gasteiger partial charge in [-0.3, -0.25) is 0 Å². The van der Waals surface area contributed by atoms with E-state index in [4.69, 9.17) is 0 Å². The van der Waals surface area contributed by atoms with E-state index in [1.807, 2.05) is 33.7 Å². The van der Waals surface area contributed by atoms with Crippen LogP contribution in [0.25, 0.3) is 11.0 Å². The minimum Gasteiger partial charge on any atom is -0.395 e. The van der Waals surface area contributed by atoms with Crippen LogP contribution >= 0.6 is 0 Å². The monoisotopic (exact) mass is 277 g/mol. The van der Waals surface area contributed by atoms with Gasteiger partial charge >= 0.3 is 0 Å². The molecule has 6 heteroatoms. The highest BCUT2D eigenvalue weighted by Gasteiger charge is 2.27. The second-order valence-corrected chi connectivity index (χ2v) is 5.22. The molecule has 2 aromatic rings. The molecular weight excluding hydrogens is 258 g/mol. The maximum Gasteiger partial charge on any atom is 0.206 e. The summed E-state index contributed by atoms with van der Waals surface area (Å²) in [7, 11) is 0. The van der Waals surface area contributed by atoms with Gasteiger partial charge in [0.05, 0.1) is 29.8 Å². The van der Waals surface area contributed by atoms with E-state index in [0.29, 0.717) is 32.0 Å². The Morgan fingerprint density at radius 3 is 2.55 bits per heavy atom. The van der Waals surface area contributed by atoms with E-state index < -0.39 is 12.2 Å². The van der Waals surface area contributed by atoms with Crippen molar-refractivity contribution in [2.24, 2.45) is 0 Å². The number of para-hydroxylation sites is 2. The predicted octanol–water partition coefficient (Wildman–Crippen LogP) is -0.0395. The number of aromatic nitrogens is 2. The van der Waals surface area contributed by atoms with Crippen molar-refractivity contribution in [1.82, 2.24) is 9.55 Å². The first-order chi connectivity index (χ1) is 9.69. The third-order valence-corrected chi connectivity index (χ3v) is 3.65. The number of β-amino-alcohol motifs (C(OH)–C–C–N with tert-alkyl or cyclic N) is 2. The number of hydrogen-bond donors (Lipinski definition) is 3. The number of benzene rings is 1. The molecule has 0 unspecified atom stereocenters. The van der Waals surface area contributed by atoms with E-state index in [1.54, 1.807) is 0 Å². The van der Waals surface area contributed by atoms with Gasteiger partial charge in [0, 0.05) is 26.1 Å². The molecule has 0 spiro atoms. The van der Waals surface area contributed by atoms with Gasteiger partial charge in [0.15, 0.2) is 0 Å². The summed E-state index contributed by atoms with van der Waals surface area (Å²) in [6, 6.07) is 7.73. The fourth-order valence-corrected chi connectivity index (χ4v) is 2.83. The lowest BCUT2D eigenvalue weighted by atomic mass is 10.1. The topological polar surface area (TPSA) is 81.8 Å². The van der Waals surface area contributed by atoms with Crippen molar-refractivity contribution in [2.45, 2.75) is 25.2 Å². The summed E-state index contributed by atoms with van der Waals surface area (Å²) < 4.78 is 1.93. The molecule has 1 aliphatic rings. The maximum absolute atomic E-state index is 9.82. The van der Waals surface area contributed by atoms with Crippen molar-refractivity contribution in [3.05, 3.63) is 24.3 Å². The zero-order valence-electron chi connectivity index (χ0n) is 11.2. The molecule has 2 heterocycles. The van der Waals surface area contributed by atoms with Crippen LogP contribution in [0.1, 0.15) is 6.42 Å². The lowest BCUT2D eigenvalue weighted by Gasteiger charge is -2.34. The van der Waals surface area contributed by atoms with Crippen LogP contribution in [-0.4, -0.2) is 56.8 Å². The van der Waals surface area contributed by atoms with E-state index in [2.05, 4.69) is 4.98 Å². The highest BCUT2D eigenvalue weighted by molar-refractivity contribution is 5.78. The fraction of sp³-hybridized carbons (Fsp3) is 0.500. The highest BCUT2D eigenvalue weighted by Crippen LogP contribution is 2.25. The number of fused-ring (bicyclic) bond motifs is 1. The third-order valence-electron chi connectivity index (χ3n) is 3.65. The van der Waals surface area contributed by atoms with Gasteiger partial charge in [0.2, 0.25) is 5.95 Å². The van der Waals surface area contributed by atoms with Gasteiger partial charge in [-0.25, -0.2) is 4.98 Å². The van der Waals surface area contributed by atoms with Crippen molar-refractivity contribution >= 4 is 17.0 Å². The standard InChI is InChI=1S/C14H19N3O3/c18-6-5-17-13-4-2-1-3-12(13)15-14(17)16-8-10(19)7-11(20)9-16/h1-4,10-11,18-20H,5-9H2/t10-,11-/m1/s1. The molecule has 1 aliphatic heterocycles. The number of rotatable bonds is 3.